The lowest BCUT2D eigenvalue weighted by Gasteiger charge is -2.40. The van der Waals surface area contributed by atoms with Crippen LogP contribution >= 0.6 is 0 Å². The lowest BCUT2D eigenvalue weighted by molar-refractivity contribution is 0.182. The van der Waals surface area contributed by atoms with Gasteiger partial charge in [-0.15, -0.1) is 0 Å². The normalized spacial score (nSPS) is 24.7. The Morgan fingerprint density at radius 3 is 2.40 bits per heavy atom. The molecule has 0 bridgehead atoms. The average Bonchev–Trinajstić information content (AvgIpc) is 2.48. The molecule has 0 atom stereocenters. The zero-order valence-corrected chi connectivity index (χ0v) is 12.3. The van der Waals surface area contributed by atoms with Gasteiger partial charge in [-0.2, -0.15) is 0 Å². The first-order chi connectivity index (χ1) is 9.64. The van der Waals surface area contributed by atoms with Crippen LogP contribution in [0, 0.1) is 0 Å². The van der Waals surface area contributed by atoms with E-state index in [-0.39, 0.29) is 0 Å². The number of aromatic nitrogens is 2. The summed E-state index contributed by atoms with van der Waals surface area (Å²) in [5.74, 6) is 1.62. The zero-order valence-electron chi connectivity index (χ0n) is 11.5. The van der Waals surface area contributed by atoms with Crippen LogP contribution in [-0.4, -0.2) is 67.0 Å². The van der Waals surface area contributed by atoms with Crippen LogP contribution in [0.2, 0.25) is 0 Å². The van der Waals surface area contributed by atoms with Crippen LogP contribution < -0.4 is 4.90 Å². The molecule has 2 aliphatic heterocycles. The second-order valence-corrected chi connectivity index (χ2v) is 7.78. The Morgan fingerprint density at radius 2 is 1.80 bits per heavy atom. The molecule has 0 spiro atoms. The summed E-state index contributed by atoms with van der Waals surface area (Å²) in [4.78, 5) is 12.8. The van der Waals surface area contributed by atoms with E-state index in [1.54, 1.807) is 12.5 Å². The lowest BCUT2D eigenvalue weighted by atomic mass is 10.0. The first kappa shape index (κ1) is 13.8. The summed E-state index contributed by atoms with van der Waals surface area (Å²) in [6, 6.07) is 2.46. The van der Waals surface area contributed by atoms with Crippen molar-refractivity contribution < 1.29 is 8.42 Å². The second-order valence-electron chi connectivity index (χ2n) is 5.47. The average molecular weight is 296 g/mol. The topological polar surface area (TPSA) is 66.4 Å². The van der Waals surface area contributed by atoms with Gasteiger partial charge in [0.1, 0.15) is 12.1 Å². The van der Waals surface area contributed by atoms with Gasteiger partial charge in [-0.3, -0.25) is 4.90 Å². The number of anilines is 1. The summed E-state index contributed by atoms with van der Waals surface area (Å²) < 4.78 is 22.9. The van der Waals surface area contributed by atoms with Gasteiger partial charge >= 0.3 is 0 Å². The summed E-state index contributed by atoms with van der Waals surface area (Å²) >= 11 is 0. The highest BCUT2D eigenvalue weighted by Crippen LogP contribution is 2.21. The maximum atomic E-state index is 11.5. The minimum absolute atomic E-state index is 0.319. The maximum Gasteiger partial charge on any atom is 0.152 e. The van der Waals surface area contributed by atoms with Crippen molar-refractivity contribution in [1.82, 2.24) is 14.9 Å². The van der Waals surface area contributed by atoms with Crippen LogP contribution in [0.1, 0.15) is 12.8 Å². The summed E-state index contributed by atoms with van der Waals surface area (Å²) in [5.41, 5.74) is 0. The van der Waals surface area contributed by atoms with Crippen molar-refractivity contribution in [2.24, 2.45) is 0 Å². The minimum Gasteiger partial charge on any atom is -0.356 e. The molecular formula is C13H20N4O2S. The van der Waals surface area contributed by atoms with Gasteiger partial charge in [0.2, 0.25) is 0 Å². The van der Waals surface area contributed by atoms with Crippen molar-refractivity contribution in [3.8, 4) is 0 Å². The minimum atomic E-state index is -2.78. The van der Waals surface area contributed by atoms with Crippen LogP contribution in [0.5, 0.6) is 0 Å². The van der Waals surface area contributed by atoms with Gasteiger partial charge in [-0.25, -0.2) is 18.4 Å². The zero-order chi connectivity index (χ0) is 14.0. The van der Waals surface area contributed by atoms with Gasteiger partial charge in [0.05, 0.1) is 11.5 Å². The SMILES string of the molecule is O=S1(=O)CCN(C2CCN(c3ccncn3)CC2)CC1. The van der Waals surface area contributed by atoms with Crippen molar-refractivity contribution in [3.63, 3.8) is 0 Å². The van der Waals surface area contributed by atoms with E-state index in [1.807, 2.05) is 6.07 Å². The molecule has 7 heteroatoms. The van der Waals surface area contributed by atoms with Crippen molar-refractivity contribution in [1.29, 1.82) is 0 Å². The number of nitrogens with zero attached hydrogens (tertiary/aromatic N) is 4. The summed E-state index contributed by atoms with van der Waals surface area (Å²) in [6.45, 7) is 3.34. The van der Waals surface area contributed by atoms with Gasteiger partial charge in [-0.05, 0) is 18.9 Å². The molecule has 0 radical (unpaired) electrons. The van der Waals surface area contributed by atoms with Gasteiger partial charge in [-0.1, -0.05) is 0 Å². The van der Waals surface area contributed by atoms with E-state index in [9.17, 15) is 8.42 Å². The molecule has 6 nitrogen and oxygen atoms in total. The molecule has 0 unspecified atom stereocenters. The van der Waals surface area contributed by atoms with Crippen molar-refractivity contribution in [2.75, 3.05) is 42.6 Å². The fourth-order valence-electron chi connectivity index (χ4n) is 3.02. The van der Waals surface area contributed by atoms with E-state index in [0.29, 0.717) is 30.6 Å². The molecule has 1 aromatic rings. The number of sulfone groups is 1. The molecule has 0 amide bonds. The first-order valence-corrected chi connectivity index (χ1v) is 8.92. The van der Waals surface area contributed by atoms with Crippen molar-refractivity contribution >= 4 is 15.7 Å². The van der Waals surface area contributed by atoms with E-state index in [2.05, 4.69) is 19.8 Å². The number of hydrogen-bond donors (Lipinski definition) is 0. The van der Waals surface area contributed by atoms with Gasteiger partial charge in [0.15, 0.2) is 9.84 Å². The molecule has 2 saturated heterocycles. The van der Waals surface area contributed by atoms with Crippen molar-refractivity contribution in [3.05, 3.63) is 18.6 Å². The van der Waals surface area contributed by atoms with Crippen LogP contribution in [0.3, 0.4) is 0 Å². The summed E-state index contributed by atoms with van der Waals surface area (Å²) in [5, 5.41) is 0. The third-order valence-electron chi connectivity index (χ3n) is 4.25. The van der Waals surface area contributed by atoms with Crippen LogP contribution in [0.15, 0.2) is 18.6 Å². The molecule has 0 N–H and O–H groups in total. The molecule has 2 fully saturated rings. The molecule has 20 heavy (non-hydrogen) atoms. The van der Waals surface area contributed by atoms with Gasteiger partial charge in [0, 0.05) is 38.4 Å². The molecule has 1 aromatic heterocycles. The predicted molar refractivity (Wildman–Crippen MR) is 77.5 cm³/mol. The highest BCUT2D eigenvalue weighted by atomic mass is 32.2. The molecular weight excluding hydrogens is 276 g/mol. The Balaban J connectivity index is 1.54. The van der Waals surface area contributed by atoms with E-state index in [4.69, 9.17) is 0 Å². The van der Waals surface area contributed by atoms with E-state index in [1.165, 1.54) is 0 Å². The Morgan fingerprint density at radius 1 is 1.10 bits per heavy atom. The number of piperidine rings is 1. The Hall–Kier alpha value is -1.21. The quantitative estimate of drug-likeness (QED) is 0.775. The Labute approximate surface area is 119 Å². The monoisotopic (exact) mass is 296 g/mol. The predicted octanol–water partition coefficient (Wildman–Crippen LogP) is 0.176. The third kappa shape index (κ3) is 3.09. The smallest absolute Gasteiger partial charge is 0.152 e. The maximum absolute atomic E-state index is 11.5. The Bertz CT molecular complexity index is 527. The van der Waals surface area contributed by atoms with Crippen molar-refractivity contribution in [2.45, 2.75) is 18.9 Å². The van der Waals surface area contributed by atoms with Gasteiger partial charge < -0.3 is 4.90 Å². The molecule has 3 heterocycles. The largest absolute Gasteiger partial charge is 0.356 e. The van der Waals surface area contributed by atoms with E-state index >= 15 is 0 Å². The summed E-state index contributed by atoms with van der Waals surface area (Å²) in [6.07, 6.45) is 5.49. The highest BCUT2D eigenvalue weighted by molar-refractivity contribution is 7.91. The fourth-order valence-corrected chi connectivity index (χ4v) is 4.25. The molecule has 0 aliphatic carbocycles. The highest BCUT2D eigenvalue weighted by Gasteiger charge is 2.29. The van der Waals surface area contributed by atoms with Crippen LogP contribution in [0.25, 0.3) is 0 Å². The van der Waals surface area contributed by atoms with Crippen LogP contribution in [0.4, 0.5) is 5.82 Å². The molecule has 2 aliphatic rings. The third-order valence-corrected chi connectivity index (χ3v) is 5.86. The van der Waals surface area contributed by atoms with Crippen LogP contribution in [-0.2, 0) is 9.84 Å². The number of rotatable bonds is 2. The lowest BCUT2D eigenvalue weighted by Crippen LogP contribution is -2.50. The second kappa shape index (κ2) is 5.65. The molecule has 3 rings (SSSR count). The molecule has 0 saturated carbocycles. The Kier molecular flexibility index (Phi) is 3.89. The molecule has 0 aromatic carbocycles. The fraction of sp³-hybridized carbons (Fsp3) is 0.692. The van der Waals surface area contributed by atoms with Gasteiger partial charge in [0.25, 0.3) is 0 Å². The van der Waals surface area contributed by atoms with E-state index in [0.717, 1.165) is 31.7 Å². The van der Waals surface area contributed by atoms with E-state index < -0.39 is 9.84 Å². The number of hydrogen-bond acceptors (Lipinski definition) is 6. The summed E-state index contributed by atoms with van der Waals surface area (Å²) in [7, 11) is -2.78. The molecule has 110 valence electrons. The first-order valence-electron chi connectivity index (χ1n) is 7.09. The standard InChI is InChI=1S/C13H20N4O2S/c18-20(19)9-7-16(8-10-20)12-2-5-17(6-3-12)13-1-4-14-11-15-13/h1,4,11-12H,2-3,5-10H2.